The number of nitrogens with one attached hydrogen (secondary N) is 1. The monoisotopic (exact) mass is 515 g/mol. The first-order valence-electron chi connectivity index (χ1n) is 10.9. The Bertz CT molecular complexity index is 1670. The molecule has 1 aromatic heterocycles. The van der Waals surface area contributed by atoms with Crippen molar-refractivity contribution >= 4 is 26.5 Å². The molecule has 1 N–H and O–H groups in total. The van der Waals surface area contributed by atoms with Gasteiger partial charge in [-0.1, -0.05) is 51.2 Å². The van der Waals surface area contributed by atoms with Crippen LogP contribution in [0.5, 0.6) is 5.75 Å². The fourth-order valence-electron chi connectivity index (χ4n) is 4.02. The van der Waals surface area contributed by atoms with Gasteiger partial charge in [0.15, 0.2) is 11.2 Å². The third kappa shape index (κ3) is 5.92. The van der Waals surface area contributed by atoms with E-state index in [9.17, 15) is 18.0 Å². The molecule has 36 heavy (non-hydrogen) atoms. The van der Waals surface area contributed by atoms with E-state index in [1.807, 2.05) is 36.4 Å². The van der Waals surface area contributed by atoms with Crippen LogP contribution >= 0.6 is 0 Å². The van der Waals surface area contributed by atoms with E-state index in [2.05, 4.69) is 30.5 Å². The Hall–Kier alpha value is -2.85. The second-order valence-corrected chi connectivity index (χ2v) is 11.1. The molecular weight excluding hydrogens is 489 g/mol. The van der Waals surface area contributed by atoms with Crippen molar-refractivity contribution in [2.45, 2.75) is 26.2 Å². The number of aromatic nitrogens is 2. The van der Waals surface area contributed by atoms with Gasteiger partial charge in [-0.15, -0.1) is 0 Å². The van der Waals surface area contributed by atoms with Crippen molar-refractivity contribution in [1.29, 1.82) is 0 Å². The zero-order valence-electron chi connectivity index (χ0n) is 21.1. The summed E-state index contributed by atoms with van der Waals surface area (Å²) in [4.78, 5) is 27.5. The average Bonchev–Trinajstić information content (AvgIpc) is 2.76. The summed E-state index contributed by atoms with van der Waals surface area (Å²) in [6.45, 7) is 6.16. The van der Waals surface area contributed by atoms with Gasteiger partial charge >= 0.3 is 29.6 Å². The Labute approximate surface area is 231 Å². The predicted molar refractivity (Wildman–Crippen MR) is 138 cm³/mol. The summed E-state index contributed by atoms with van der Waals surface area (Å²) in [7, 11) is -1.77. The first kappa shape index (κ1) is 27.7. The van der Waals surface area contributed by atoms with Gasteiger partial charge in [0.05, 0.1) is 13.4 Å². The summed E-state index contributed by atoms with van der Waals surface area (Å²) in [5.74, 6) is 0.678. The van der Waals surface area contributed by atoms with Crippen LogP contribution in [0.25, 0.3) is 27.6 Å². The van der Waals surface area contributed by atoms with Gasteiger partial charge < -0.3 is 14.3 Å². The number of anilines is 1. The molecule has 1 heterocycles. The number of hydrogen-bond acceptors (Lipinski definition) is 5. The molecule has 3 aromatic carbocycles. The molecule has 0 unspecified atom stereocenters. The molecule has 0 saturated carbocycles. The summed E-state index contributed by atoms with van der Waals surface area (Å²) in [6.07, 6.45) is 2.53. The van der Waals surface area contributed by atoms with Crippen LogP contribution in [0, 0.1) is 0 Å². The Morgan fingerprint density at radius 1 is 0.944 bits per heavy atom. The van der Waals surface area contributed by atoms with Gasteiger partial charge in [0.1, 0.15) is 5.75 Å². The number of methoxy groups -OCH3 is 1. The van der Waals surface area contributed by atoms with Gasteiger partial charge in [0.25, 0.3) is 0 Å². The quantitative estimate of drug-likeness (QED) is 0.391. The maximum Gasteiger partial charge on any atom is 1.00 e. The van der Waals surface area contributed by atoms with E-state index >= 15 is 0 Å². The van der Waals surface area contributed by atoms with Crippen molar-refractivity contribution < 1.29 is 42.7 Å². The summed E-state index contributed by atoms with van der Waals surface area (Å²) in [5.41, 5.74) is 2.01. The van der Waals surface area contributed by atoms with Crippen LogP contribution in [0.4, 0.5) is 5.69 Å². The number of sulfonamides is 1. The van der Waals surface area contributed by atoms with Crippen LogP contribution < -0.4 is 55.2 Å². The molecule has 8 nitrogen and oxygen atoms in total. The molecule has 182 valence electrons. The SMILES string of the molecule is COc1c(-c2ccc3cc(NS(C)(=O)=O)ccc3c2)cc(-n2ccc(=O)[n-]c2=O)cc1C(C)(C)C.[Na+]. The van der Waals surface area contributed by atoms with E-state index in [0.717, 1.165) is 33.7 Å². The van der Waals surface area contributed by atoms with Crippen molar-refractivity contribution in [3.63, 3.8) is 0 Å². The first-order chi connectivity index (χ1) is 16.4. The molecule has 10 heteroatoms. The van der Waals surface area contributed by atoms with Crippen LogP contribution in [0.3, 0.4) is 0 Å². The average molecular weight is 516 g/mol. The molecule has 0 spiro atoms. The molecule has 0 bridgehead atoms. The normalized spacial score (nSPS) is 11.7. The molecule has 0 atom stereocenters. The van der Waals surface area contributed by atoms with E-state index in [0.29, 0.717) is 17.1 Å². The minimum Gasteiger partial charge on any atom is -0.496 e. The Morgan fingerprint density at radius 2 is 1.61 bits per heavy atom. The molecule has 0 radical (unpaired) electrons. The molecule has 0 aliphatic heterocycles. The van der Waals surface area contributed by atoms with Crippen LogP contribution in [0.2, 0.25) is 0 Å². The smallest absolute Gasteiger partial charge is 0.496 e. The number of benzene rings is 3. The first-order valence-corrected chi connectivity index (χ1v) is 12.8. The van der Waals surface area contributed by atoms with Crippen LogP contribution in [0.1, 0.15) is 26.3 Å². The molecule has 0 amide bonds. The van der Waals surface area contributed by atoms with Gasteiger partial charge in [-0.25, -0.2) is 8.42 Å². The van der Waals surface area contributed by atoms with Crippen molar-refractivity contribution in [3.05, 3.63) is 87.2 Å². The molecule has 4 rings (SSSR count). The summed E-state index contributed by atoms with van der Waals surface area (Å²) in [6, 6.07) is 16.1. The van der Waals surface area contributed by atoms with Gasteiger partial charge in [0, 0.05) is 16.8 Å². The van der Waals surface area contributed by atoms with E-state index in [1.54, 1.807) is 19.2 Å². The molecule has 0 saturated heterocycles. The van der Waals surface area contributed by atoms with Crippen LogP contribution in [-0.2, 0) is 15.4 Å². The fraction of sp³-hybridized carbons (Fsp3) is 0.231. The number of hydrogen-bond donors (Lipinski definition) is 1. The van der Waals surface area contributed by atoms with Crippen LogP contribution in [0.15, 0.2) is 70.4 Å². The third-order valence-electron chi connectivity index (χ3n) is 5.60. The summed E-state index contributed by atoms with van der Waals surface area (Å²) < 4.78 is 32.8. The zero-order valence-corrected chi connectivity index (χ0v) is 23.9. The molecule has 4 aromatic rings. The molecule has 0 fully saturated rings. The molecule has 0 aliphatic rings. The molecule has 0 aliphatic carbocycles. The third-order valence-corrected chi connectivity index (χ3v) is 6.20. The Kier molecular flexibility index (Phi) is 7.90. The number of rotatable bonds is 5. The van der Waals surface area contributed by atoms with E-state index in [1.165, 1.54) is 16.8 Å². The van der Waals surface area contributed by atoms with Gasteiger partial charge in [0.2, 0.25) is 10.0 Å². The van der Waals surface area contributed by atoms with Crippen molar-refractivity contribution in [1.82, 2.24) is 9.55 Å². The minimum absolute atomic E-state index is 0. The Balaban J connectivity index is 0.00000361. The summed E-state index contributed by atoms with van der Waals surface area (Å²) >= 11 is 0. The Morgan fingerprint density at radius 3 is 2.22 bits per heavy atom. The van der Waals surface area contributed by atoms with Gasteiger partial charge in [-0.2, -0.15) is 0 Å². The number of ether oxygens (including phenoxy) is 1. The van der Waals surface area contributed by atoms with E-state index in [-0.39, 0.29) is 35.0 Å². The summed E-state index contributed by atoms with van der Waals surface area (Å²) in [5, 5.41) is 1.76. The second kappa shape index (κ2) is 10.3. The maximum absolute atomic E-state index is 12.5. The van der Waals surface area contributed by atoms with Crippen LogP contribution in [-0.4, -0.2) is 26.4 Å². The topological polar surface area (TPSA) is 109 Å². The number of fused-ring (bicyclic) bond motifs is 1. The molecular formula is C26H26N3NaO5S. The predicted octanol–water partition coefficient (Wildman–Crippen LogP) is 0.657. The minimum atomic E-state index is -3.38. The van der Waals surface area contributed by atoms with E-state index < -0.39 is 21.3 Å². The standard InChI is InChI=1S/C26H27N3O5S.Na/c1-26(2,3)22-15-20(29-11-10-23(30)27-25(29)31)14-21(24(22)34-4)18-7-6-17-13-19(28-35(5,32)33)9-8-16(17)12-18;/h6-15,28H,1-5H3,(H,27,30,31);/q;+1/p-1. The van der Waals surface area contributed by atoms with Crippen molar-refractivity contribution in [3.8, 4) is 22.6 Å². The largest absolute Gasteiger partial charge is 1.00 e. The van der Waals surface area contributed by atoms with Gasteiger partial charge in [-0.3, -0.25) is 14.3 Å². The fourth-order valence-corrected chi connectivity index (χ4v) is 4.57. The number of nitrogens with zero attached hydrogens (tertiary/aromatic N) is 2. The zero-order chi connectivity index (χ0) is 25.5. The second-order valence-electron chi connectivity index (χ2n) is 9.39. The maximum atomic E-state index is 12.5. The van der Waals surface area contributed by atoms with Crippen molar-refractivity contribution in [2.24, 2.45) is 0 Å². The van der Waals surface area contributed by atoms with Gasteiger partial charge in [-0.05, 0) is 57.8 Å². The van der Waals surface area contributed by atoms with E-state index in [4.69, 9.17) is 4.74 Å². The van der Waals surface area contributed by atoms with Crippen molar-refractivity contribution in [2.75, 3.05) is 18.1 Å².